The normalized spacial score (nSPS) is 22.5. The van der Waals surface area contributed by atoms with Crippen molar-refractivity contribution in [1.82, 2.24) is 10.2 Å². The summed E-state index contributed by atoms with van der Waals surface area (Å²) in [6.45, 7) is 8.70. The molecule has 0 aliphatic carbocycles. The third kappa shape index (κ3) is 3.98. The Morgan fingerprint density at radius 3 is 2.50 bits per heavy atom. The third-order valence-electron chi connectivity index (χ3n) is 3.34. The van der Waals surface area contributed by atoms with E-state index in [0.717, 1.165) is 19.4 Å². The molecule has 104 valence electrons. The molecule has 0 aromatic carbocycles. The number of piperidine rings is 1. The van der Waals surface area contributed by atoms with Gasteiger partial charge in [-0.2, -0.15) is 0 Å². The summed E-state index contributed by atoms with van der Waals surface area (Å²) < 4.78 is 0. The van der Waals surface area contributed by atoms with Crippen LogP contribution in [0.3, 0.4) is 0 Å². The molecule has 5 heteroatoms. The quantitative estimate of drug-likeness (QED) is 0.754. The first-order valence-corrected chi connectivity index (χ1v) is 6.53. The zero-order valence-electron chi connectivity index (χ0n) is 11.8. The summed E-state index contributed by atoms with van der Waals surface area (Å²) in [5, 5.41) is 2.87. The molecular formula is C13H25N3O2. The van der Waals surface area contributed by atoms with Gasteiger partial charge in [-0.15, -0.1) is 0 Å². The van der Waals surface area contributed by atoms with Gasteiger partial charge in [0.15, 0.2) is 0 Å². The minimum Gasteiger partial charge on any atom is -0.352 e. The van der Waals surface area contributed by atoms with Crippen LogP contribution in [-0.2, 0) is 9.59 Å². The number of carbonyl (C=O) groups excluding carboxylic acids is 2. The van der Waals surface area contributed by atoms with Crippen LogP contribution in [0.15, 0.2) is 0 Å². The Kier molecular flexibility index (Phi) is 4.73. The minimum absolute atomic E-state index is 0.0162. The molecule has 1 aliphatic rings. The van der Waals surface area contributed by atoms with Gasteiger partial charge in [0.1, 0.15) is 0 Å². The van der Waals surface area contributed by atoms with Gasteiger partial charge in [0.05, 0.1) is 6.04 Å². The number of nitrogens with zero attached hydrogens (tertiary/aromatic N) is 1. The topological polar surface area (TPSA) is 75.4 Å². The summed E-state index contributed by atoms with van der Waals surface area (Å²) in [5.41, 5.74) is 5.76. The van der Waals surface area contributed by atoms with Gasteiger partial charge in [-0.05, 0) is 18.3 Å². The van der Waals surface area contributed by atoms with E-state index < -0.39 is 6.04 Å². The molecular weight excluding hydrogens is 230 g/mol. The Morgan fingerprint density at radius 1 is 1.39 bits per heavy atom. The second-order valence-electron chi connectivity index (χ2n) is 6.17. The molecule has 1 rings (SSSR count). The van der Waals surface area contributed by atoms with Crippen molar-refractivity contribution in [2.75, 3.05) is 13.1 Å². The second-order valence-corrected chi connectivity index (χ2v) is 6.17. The van der Waals surface area contributed by atoms with E-state index in [0.29, 0.717) is 6.54 Å². The van der Waals surface area contributed by atoms with E-state index in [-0.39, 0.29) is 23.3 Å². The summed E-state index contributed by atoms with van der Waals surface area (Å²) in [6.07, 6.45) is 1.83. The summed E-state index contributed by atoms with van der Waals surface area (Å²) in [7, 11) is 0. The smallest absolute Gasteiger partial charge is 0.240 e. The van der Waals surface area contributed by atoms with Crippen LogP contribution in [0, 0.1) is 5.41 Å². The van der Waals surface area contributed by atoms with E-state index in [1.807, 2.05) is 20.8 Å². The largest absolute Gasteiger partial charge is 0.352 e. The molecule has 0 saturated carbocycles. The molecule has 0 radical (unpaired) electrons. The van der Waals surface area contributed by atoms with Crippen LogP contribution in [-0.4, -0.2) is 41.9 Å². The van der Waals surface area contributed by atoms with Crippen LogP contribution in [0.4, 0.5) is 0 Å². The Labute approximate surface area is 109 Å². The number of carbonyl (C=O) groups is 2. The number of hydrogen-bond acceptors (Lipinski definition) is 3. The van der Waals surface area contributed by atoms with Crippen LogP contribution in [0.25, 0.3) is 0 Å². The van der Waals surface area contributed by atoms with Gasteiger partial charge in [0, 0.05) is 26.1 Å². The summed E-state index contributed by atoms with van der Waals surface area (Å²) >= 11 is 0. The molecule has 0 spiro atoms. The van der Waals surface area contributed by atoms with E-state index in [9.17, 15) is 9.59 Å². The maximum atomic E-state index is 12.3. The van der Waals surface area contributed by atoms with E-state index in [1.165, 1.54) is 6.92 Å². The molecule has 3 N–H and O–H groups in total. The van der Waals surface area contributed by atoms with E-state index in [1.54, 1.807) is 4.90 Å². The SMILES string of the molecule is CC(=O)NC1CCCN(C(=O)[C@H](N)C(C)(C)C)C1. The first kappa shape index (κ1) is 15.0. The fourth-order valence-corrected chi connectivity index (χ4v) is 2.15. The average Bonchev–Trinajstić information content (AvgIpc) is 2.25. The van der Waals surface area contributed by atoms with Crippen molar-refractivity contribution in [3.63, 3.8) is 0 Å². The first-order chi connectivity index (χ1) is 8.21. The van der Waals surface area contributed by atoms with Gasteiger partial charge < -0.3 is 16.0 Å². The molecule has 18 heavy (non-hydrogen) atoms. The molecule has 1 unspecified atom stereocenters. The summed E-state index contributed by atoms with van der Waals surface area (Å²) in [6, 6.07) is -0.430. The maximum absolute atomic E-state index is 12.3. The Hall–Kier alpha value is -1.10. The van der Waals surface area contributed by atoms with Crippen molar-refractivity contribution in [1.29, 1.82) is 0 Å². The van der Waals surface area contributed by atoms with Crippen LogP contribution >= 0.6 is 0 Å². The zero-order valence-corrected chi connectivity index (χ0v) is 11.8. The standard InChI is InChI=1S/C13H25N3O2/c1-9(17)15-10-6-5-7-16(8-10)12(18)11(14)13(2,3)4/h10-11H,5-8,14H2,1-4H3,(H,15,17)/t10?,11-/m0/s1. The van der Waals surface area contributed by atoms with E-state index >= 15 is 0 Å². The fourth-order valence-electron chi connectivity index (χ4n) is 2.15. The molecule has 1 heterocycles. The van der Waals surface area contributed by atoms with Gasteiger partial charge in [-0.3, -0.25) is 9.59 Å². The molecule has 5 nitrogen and oxygen atoms in total. The molecule has 0 aromatic rings. The van der Waals surface area contributed by atoms with Gasteiger partial charge >= 0.3 is 0 Å². The van der Waals surface area contributed by atoms with Crippen molar-refractivity contribution in [3.8, 4) is 0 Å². The Morgan fingerprint density at radius 2 is 2.00 bits per heavy atom. The van der Waals surface area contributed by atoms with Crippen molar-refractivity contribution in [2.45, 2.75) is 52.6 Å². The molecule has 0 bridgehead atoms. The Balaban J connectivity index is 2.61. The fraction of sp³-hybridized carbons (Fsp3) is 0.846. The molecule has 0 aromatic heterocycles. The average molecular weight is 255 g/mol. The van der Waals surface area contributed by atoms with Gasteiger partial charge in [-0.1, -0.05) is 20.8 Å². The van der Waals surface area contributed by atoms with Crippen molar-refractivity contribution < 1.29 is 9.59 Å². The van der Waals surface area contributed by atoms with Gasteiger partial charge in [0.2, 0.25) is 11.8 Å². The highest BCUT2D eigenvalue weighted by atomic mass is 16.2. The van der Waals surface area contributed by atoms with Crippen LogP contribution in [0.5, 0.6) is 0 Å². The van der Waals surface area contributed by atoms with E-state index in [2.05, 4.69) is 5.32 Å². The van der Waals surface area contributed by atoms with Crippen LogP contribution < -0.4 is 11.1 Å². The number of likely N-dealkylation sites (tertiary alicyclic amines) is 1. The molecule has 2 amide bonds. The highest BCUT2D eigenvalue weighted by Crippen LogP contribution is 2.21. The highest BCUT2D eigenvalue weighted by Gasteiger charge is 2.33. The maximum Gasteiger partial charge on any atom is 0.240 e. The summed E-state index contributed by atoms with van der Waals surface area (Å²) in [4.78, 5) is 25.1. The zero-order chi connectivity index (χ0) is 13.9. The monoisotopic (exact) mass is 255 g/mol. The molecule has 2 atom stereocenters. The number of rotatable bonds is 2. The van der Waals surface area contributed by atoms with Crippen molar-refractivity contribution >= 4 is 11.8 Å². The van der Waals surface area contributed by atoms with Crippen LogP contribution in [0.2, 0.25) is 0 Å². The lowest BCUT2D eigenvalue weighted by Gasteiger charge is -2.37. The minimum atomic E-state index is -0.492. The van der Waals surface area contributed by atoms with Gasteiger partial charge in [0.25, 0.3) is 0 Å². The summed E-state index contributed by atoms with van der Waals surface area (Å²) in [5.74, 6) is -0.0630. The lowest BCUT2D eigenvalue weighted by Crippen LogP contribution is -2.56. The predicted octanol–water partition coefficient (Wildman–Crippen LogP) is 0.487. The Bertz CT molecular complexity index is 323. The number of hydrogen-bond donors (Lipinski definition) is 2. The van der Waals surface area contributed by atoms with Gasteiger partial charge in [-0.25, -0.2) is 0 Å². The van der Waals surface area contributed by atoms with Crippen LogP contribution in [0.1, 0.15) is 40.5 Å². The lowest BCUT2D eigenvalue weighted by molar-refractivity contribution is -0.137. The lowest BCUT2D eigenvalue weighted by atomic mass is 9.86. The highest BCUT2D eigenvalue weighted by molar-refractivity contribution is 5.82. The van der Waals surface area contributed by atoms with Crippen molar-refractivity contribution in [2.24, 2.45) is 11.1 Å². The van der Waals surface area contributed by atoms with Crippen molar-refractivity contribution in [3.05, 3.63) is 0 Å². The molecule has 1 saturated heterocycles. The number of nitrogens with two attached hydrogens (primary N) is 1. The number of amides is 2. The molecule has 1 fully saturated rings. The first-order valence-electron chi connectivity index (χ1n) is 6.53. The molecule has 1 aliphatic heterocycles. The predicted molar refractivity (Wildman–Crippen MR) is 70.8 cm³/mol. The third-order valence-corrected chi connectivity index (χ3v) is 3.34. The van der Waals surface area contributed by atoms with E-state index in [4.69, 9.17) is 5.73 Å². The second kappa shape index (κ2) is 5.69. The number of nitrogens with one attached hydrogen (secondary N) is 1.